The molecule has 88 valence electrons. The van der Waals surface area contributed by atoms with Crippen molar-refractivity contribution in [2.45, 2.75) is 31.7 Å². The van der Waals surface area contributed by atoms with E-state index in [4.69, 9.17) is 11.2 Å². The van der Waals surface area contributed by atoms with Crippen molar-refractivity contribution in [2.75, 3.05) is 20.2 Å². The third-order valence-corrected chi connectivity index (χ3v) is 3.16. The van der Waals surface area contributed by atoms with Gasteiger partial charge in [-0.1, -0.05) is 18.1 Å². The van der Waals surface area contributed by atoms with Crippen LogP contribution in [0.3, 0.4) is 0 Å². The van der Waals surface area contributed by atoms with Crippen molar-refractivity contribution in [3.05, 3.63) is 12.2 Å². The summed E-state index contributed by atoms with van der Waals surface area (Å²) in [5, 5.41) is 0. The van der Waals surface area contributed by atoms with Crippen molar-refractivity contribution in [1.29, 1.82) is 0 Å². The van der Waals surface area contributed by atoms with Gasteiger partial charge in [-0.05, 0) is 26.2 Å². The van der Waals surface area contributed by atoms with Gasteiger partial charge >= 0.3 is 5.97 Å². The van der Waals surface area contributed by atoms with Crippen LogP contribution in [0.1, 0.15) is 26.2 Å². The SMILES string of the molecule is C#CCN1CCCC1(C/C=C/C)C(=O)OC. The van der Waals surface area contributed by atoms with Crippen molar-refractivity contribution in [3.8, 4) is 12.3 Å². The van der Waals surface area contributed by atoms with E-state index in [0.29, 0.717) is 13.0 Å². The summed E-state index contributed by atoms with van der Waals surface area (Å²) in [6.07, 6.45) is 11.8. The number of esters is 1. The highest BCUT2D eigenvalue weighted by Crippen LogP contribution is 2.33. The lowest BCUT2D eigenvalue weighted by molar-refractivity contribution is -0.153. The van der Waals surface area contributed by atoms with Gasteiger partial charge in [-0.15, -0.1) is 6.42 Å². The van der Waals surface area contributed by atoms with E-state index in [1.54, 1.807) is 0 Å². The summed E-state index contributed by atoms with van der Waals surface area (Å²) in [7, 11) is 1.44. The second-order valence-corrected chi connectivity index (χ2v) is 4.03. The number of terminal acetylenes is 1. The van der Waals surface area contributed by atoms with E-state index in [2.05, 4.69) is 10.8 Å². The van der Waals surface area contributed by atoms with E-state index in [1.807, 2.05) is 19.1 Å². The van der Waals surface area contributed by atoms with E-state index < -0.39 is 5.54 Å². The zero-order valence-corrected chi connectivity index (χ0v) is 10.0. The minimum absolute atomic E-state index is 0.168. The molecule has 1 rings (SSSR count). The summed E-state index contributed by atoms with van der Waals surface area (Å²) in [6.45, 7) is 3.33. The normalized spacial score (nSPS) is 25.8. The van der Waals surface area contributed by atoms with E-state index in [0.717, 1.165) is 19.4 Å². The zero-order chi connectivity index (χ0) is 12.0. The number of carbonyl (C=O) groups is 1. The quantitative estimate of drug-likeness (QED) is 0.410. The molecule has 0 saturated carbocycles. The van der Waals surface area contributed by atoms with Crippen LogP contribution in [0.5, 0.6) is 0 Å². The molecule has 0 radical (unpaired) electrons. The first-order valence-electron chi connectivity index (χ1n) is 5.59. The fraction of sp³-hybridized carbons (Fsp3) is 0.615. The average Bonchev–Trinajstić information content (AvgIpc) is 2.70. The average molecular weight is 221 g/mol. The topological polar surface area (TPSA) is 29.5 Å². The molecule has 16 heavy (non-hydrogen) atoms. The van der Waals surface area contributed by atoms with Gasteiger partial charge in [0.05, 0.1) is 13.7 Å². The van der Waals surface area contributed by atoms with Crippen LogP contribution in [-0.4, -0.2) is 36.6 Å². The van der Waals surface area contributed by atoms with Crippen molar-refractivity contribution >= 4 is 5.97 Å². The summed E-state index contributed by atoms with van der Waals surface area (Å²) in [5.41, 5.74) is -0.534. The summed E-state index contributed by atoms with van der Waals surface area (Å²) < 4.78 is 4.93. The van der Waals surface area contributed by atoms with Gasteiger partial charge in [0, 0.05) is 6.54 Å². The molecule has 3 heteroatoms. The minimum Gasteiger partial charge on any atom is -0.468 e. The summed E-state index contributed by atoms with van der Waals surface area (Å²) in [5.74, 6) is 2.45. The first-order valence-corrected chi connectivity index (χ1v) is 5.59. The maximum atomic E-state index is 12.0. The van der Waals surface area contributed by atoms with Crippen molar-refractivity contribution in [1.82, 2.24) is 4.90 Å². The number of likely N-dealkylation sites (tertiary alicyclic amines) is 1. The molecule has 0 aromatic rings. The highest BCUT2D eigenvalue weighted by atomic mass is 16.5. The molecule has 1 unspecified atom stereocenters. The Kier molecular flexibility index (Phi) is 4.57. The molecule has 0 bridgehead atoms. The number of nitrogens with zero attached hydrogens (tertiary/aromatic N) is 1. The Morgan fingerprint density at radius 3 is 3.00 bits per heavy atom. The molecule has 1 fully saturated rings. The fourth-order valence-electron chi connectivity index (χ4n) is 2.32. The Bertz CT molecular complexity index is 316. The summed E-state index contributed by atoms with van der Waals surface area (Å²) >= 11 is 0. The van der Waals surface area contributed by atoms with Crippen LogP contribution < -0.4 is 0 Å². The van der Waals surface area contributed by atoms with Crippen molar-refractivity contribution < 1.29 is 9.53 Å². The summed E-state index contributed by atoms with van der Waals surface area (Å²) in [6, 6.07) is 0. The van der Waals surface area contributed by atoms with Crippen LogP contribution in [0.25, 0.3) is 0 Å². The van der Waals surface area contributed by atoms with Gasteiger partial charge in [0.2, 0.25) is 0 Å². The Morgan fingerprint density at radius 2 is 2.44 bits per heavy atom. The fourth-order valence-corrected chi connectivity index (χ4v) is 2.32. The molecule has 0 amide bonds. The lowest BCUT2D eigenvalue weighted by atomic mass is 9.91. The van der Waals surface area contributed by atoms with Crippen LogP contribution >= 0.6 is 0 Å². The lowest BCUT2D eigenvalue weighted by Crippen LogP contribution is -2.51. The molecule has 1 aliphatic heterocycles. The first-order chi connectivity index (χ1) is 7.71. The molecule has 3 nitrogen and oxygen atoms in total. The summed E-state index contributed by atoms with van der Waals surface area (Å²) in [4.78, 5) is 14.0. The van der Waals surface area contributed by atoms with Gasteiger partial charge in [-0.25, -0.2) is 0 Å². The highest BCUT2D eigenvalue weighted by Gasteiger charge is 2.47. The maximum Gasteiger partial charge on any atom is 0.326 e. The van der Waals surface area contributed by atoms with Crippen LogP contribution in [0, 0.1) is 12.3 Å². The number of rotatable bonds is 4. The maximum absolute atomic E-state index is 12.0. The molecule has 1 aliphatic rings. The molecule has 0 N–H and O–H groups in total. The van der Waals surface area contributed by atoms with Gasteiger partial charge in [0.25, 0.3) is 0 Å². The molecule has 1 atom stereocenters. The molecular formula is C13H19NO2. The van der Waals surface area contributed by atoms with Crippen LogP contribution in [-0.2, 0) is 9.53 Å². The third-order valence-electron chi connectivity index (χ3n) is 3.16. The molecule has 1 saturated heterocycles. The monoisotopic (exact) mass is 221 g/mol. The molecule has 1 heterocycles. The van der Waals surface area contributed by atoms with E-state index in [9.17, 15) is 4.79 Å². The van der Waals surface area contributed by atoms with Crippen LogP contribution in [0.4, 0.5) is 0 Å². The van der Waals surface area contributed by atoms with E-state index >= 15 is 0 Å². The minimum atomic E-state index is -0.534. The number of hydrogen-bond donors (Lipinski definition) is 0. The van der Waals surface area contributed by atoms with Gasteiger partial charge < -0.3 is 4.74 Å². The molecule has 0 aromatic heterocycles. The smallest absolute Gasteiger partial charge is 0.326 e. The Balaban J connectivity index is 2.93. The van der Waals surface area contributed by atoms with Gasteiger partial charge in [0.15, 0.2) is 0 Å². The highest BCUT2D eigenvalue weighted by molar-refractivity contribution is 5.81. The van der Waals surface area contributed by atoms with Gasteiger partial charge in [-0.3, -0.25) is 9.69 Å². The number of carbonyl (C=O) groups excluding carboxylic acids is 1. The molecular weight excluding hydrogens is 202 g/mol. The predicted octanol–water partition coefficient (Wildman–Crippen LogP) is 1.59. The second-order valence-electron chi connectivity index (χ2n) is 4.03. The second kappa shape index (κ2) is 5.72. The van der Waals surface area contributed by atoms with Gasteiger partial charge in [0.1, 0.15) is 5.54 Å². The van der Waals surface area contributed by atoms with Crippen LogP contribution in [0.15, 0.2) is 12.2 Å². The first kappa shape index (κ1) is 12.8. The number of ether oxygens (including phenoxy) is 1. The van der Waals surface area contributed by atoms with E-state index in [1.165, 1.54) is 7.11 Å². The number of hydrogen-bond acceptors (Lipinski definition) is 3. The molecule has 0 aromatic carbocycles. The zero-order valence-electron chi connectivity index (χ0n) is 10.0. The molecule has 0 spiro atoms. The Morgan fingerprint density at radius 1 is 1.69 bits per heavy atom. The predicted molar refractivity (Wildman–Crippen MR) is 63.8 cm³/mol. The molecule has 0 aliphatic carbocycles. The standard InChI is InChI=1S/C13H19NO2/c1-4-6-8-13(12(15)16-3)9-7-11-14(13)10-5-2/h2,4,6H,7-11H2,1,3H3/b6-4+. The largest absolute Gasteiger partial charge is 0.468 e. The number of methoxy groups -OCH3 is 1. The van der Waals surface area contributed by atoms with Gasteiger partial charge in [-0.2, -0.15) is 0 Å². The Hall–Kier alpha value is -1.27. The third kappa shape index (κ3) is 2.28. The van der Waals surface area contributed by atoms with Crippen LogP contribution in [0.2, 0.25) is 0 Å². The van der Waals surface area contributed by atoms with Crippen molar-refractivity contribution in [3.63, 3.8) is 0 Å². The van der Waals surface area contributed by atoms with E-state index in [-0.39, 0.29) is 5.97 Å². The lowest BCUT2D eigenvalue weighted by Gasteiger charge is -2.33. The van der Waals surface area contributed by atoms with Crippen molar-refractivity contribution in [2.24, 2.45) is 0 Å². The Labute approximate surface area is 97.5 Å². The number of allylic oxidation sites excluding steroid dienone is 1.